The average Bonchev–Trinajstić information content (AvgIpc) is 2.77. The van der Waals surface area contributed by atoms with Crippen molar-refractivity contribution < 1.29 is 13.7 Å². The third-order valence-corrected chi connectivity index (χ3v) is 4.00. The molecule has 1 aliphatic heterocycles. The Morgan fingerprint density at radius 3 is 2.47 bits per heavy atom. The molecule has 6 heteroatoms. The van der Waals surface area contributed by atoms with E-state index in [4.69, 9.17) is 9.31 Å². The van der Waals surface area contributed by atoms with E-state index < -0.39 is 18.3 Å². The van der Waals surface area contributed by atoms with Gasteiger partial charge in [-0.15, -0.1) is 0 Å². The average molecular weight is 262 g/mol. The van der Waals surface area contributed by atoms with Gasteiger partial charge in [-0.3, -0.25) is 0 Å². The largest absolute Gasteiger partial charge is 0.514 e. The summed E-state index contributed by atoms with van der Waals surface area (Å²) in [6.45, 7) is 7.98. The normalized spacial score (nSPS) is 21.2. The van der Waals surface area contributed by atoms with Crippen molar-refractivity contribution in [1.82, 2.24) is 9.38 Å². The number of rotatable bonds is 1. The Balaban J connectivity index is 2.03. The maximum atomic E-state index is 13.2. The van der Waals surface area contributed by atoms with E-state index in [1.807, 2.05) is 27.7 Å². The molecule has 2 aromatic rings. The SMILES string of the molecule is CC1(C)OB(c2cnc3cc(F)ccn23)OC1(C)C. The zero-order valence-corrected chi connectivity index (χ0v) is 11.5. The minimum atomic E-state index is -0.495. The van der Waals surface area contributed by atoms with E-state index in [2.05, 4.69) is 4.98 Å². The van der Waals surface area contributed by atoms with Gasteiger partial charge in [-0.05, 0) is 33.8 Å². The number of hydrogen-bond donors (Lipinski definition) is 0. The molecular weight excluding hydrogens is 246 g/mol. The maximum Gasteiger partial charge on any atom is 0.514 e. The monoisotopic (exact) mass is 262 g/mol. The molecular formula is C13H16BFN2O2. The molecule has 0 spiro atoms. The van der Waals surface area contributed by atoms with Crippen LogP contribution >= 0.6 is 0 Å². The van der Waals surface area contributed by atoms with Crippen LogP contribution in [0.5, 0.6) is 0 Å². The summed E-state index contributed by atoms with van der Waals surface area (Å²) in [5.41, 5.74) is 0.516. The summed E-state index contributed by atoms with van der Waals surface area (Å²) in [6.07, 6.45) is 3.30. The molecule has 100 valence electrons. The summed E-state index contributed by atoms with van der Waals surface area (Å²) in [5, 5.41) is 0. The van der Waals surface area contributed by atoms with Crippen molar-refractivity contribution in [2.45, 2.75) is 38.9 Å². The first kappa shape index (κ1) is 12.6. The smallest absolute Gasteiger partial charge is 0.398 e. The molecule has 1 fully saturated rings. The van der Waals surface area contributed by atoms with Crippen LogP contribution in [-0.4, -0.2) is 27.7 Å². The lowest BCUT2D eigenvalue weighted by Crippen LogP contribution is -2.41. The Morgan fingerprint density at radius 1 is 1.21 bits per heavy atom. The molecule has 0 radical (unpaired) electrons. The highest BCUT2D eigenvalue weighted by Crippen LogP contribution is 2.36. The van der Waals surface area contributed by atoms with Gasteiger partial charge in [-0.2, -0.15) is 0 Å². The number of pyridine rings is 1. The zero-order chi connectivity index (χ0) is 13.8. The summed E-state index contributed by atoms with van der Waals surface area (Å²) in [4.78, 5) is 4.18. The first-order valence-corrected chi connectivity index (χ1v) is 6.28. The van der Waals surface area contributed by atoms with E-state index in [0.29, 0.717) is 5.65 Å². The first-order valence-electron chi connectivity index (χ1n) is 6.28. The highest BCUT2D eigenvalue weighted by atomic mass is 19.1. The van der Waals surface area contributed by atoms with Gasteiger partial charge in [0.05, 0.1) is 16.8 Å². The van der Waals surface area contributed by atoms with Crippen molar-refractivity contribution in [2.75, 3.05) is 0 Å². The molecule has 0 atom stereocenters. The van der Waals surface area contributed by atoms with Gasteiger partial charge in [0.15, 0.2) is 0 Å². The molecule has 2 aromatic heterocycles. The van der Waals surface area contributed by atoms with E-state index in [9.17, 15) is 4.39 Å². The molecule has 3 rings (SSSR count). The van der Waals surface area contributed by atoms with Gasteiger partial charge in [-0.1, -0.05) is 0 Å². The van der Waals surface area contributed by atoms with E-state index >= 15 is 0 Å². The van der Waals surface area contributed by atoms with Crippen LogP contribution in [0, 0.1) is 5.82 Å². The molecule has 0 saturated carbocycles. The Kier molecular flexibility index (Phi) is 2.53. The minimum Gasteiger partial charge on any atom is -0.398 e. The molecule has 0 aliphatic carbocycles. The minimum absolute atomic E-state index is 0.307. The molecule has 1 saturated heterocycles. The predicted molar refractivity (Wildman–Crippen MR) is 70.9 cm³/mol. The van der Waals surface area contributed by atoms with Gasteiger partial charge in [0.25, 0.3) is 0 Å². The lowest BCUT2D eigenvalue weighted by molar-refractivity contribution is 0.00578. The van der Waals surface area contributed by atoms with Gasteiger partial charge < -0.3 is 13.7 Å². The van der Waals surface area contributed by atoms with Crippen LogP contribution in [0.15, 0.2) is 24.5 Å². The Bertz CT molecular complexity index is 623. The Morgan fingerprint density at radius 2 is 1.84 bits per heavy atom. The Labute approximate surface area is 111 Å². The number of imidazole rings is 1. The van der Waals surface area contributed by atoms with Crippen LogP contribution in [0.4, 0.5) is 4.39 Å². The third kappa shape index (κ3) is 1.86. The van der Waals surface area contributed by atoms with Crippen molar-refractivity contribution in [2.24, 2.45) is 0 Å². The van der Waals surface area contributed by atoms with Gasteiger partial charge in [-0.25, -0.2) is 9.37 Å². The number of halogens is 1. The Hall–Kier alpha value is -1.40. The summed E-state index contributed by atoms with van der Waals surface area (Å²) in [6, 6.07) is 2.78. The lowest BCUT2D eigenvalue weighted by atomic mass is 9.85. The van der Waals surface area contributed by atoms with Crippen LogP contribution < -0.4 is 5.59 Å². The fraction of sp³-hybridized carbons (Fsp3) is 0.462. The molecule has 1 aliphatic rings. The summed E-state index contributed by atoms with van der Waals surface area (Å²) < 4.78 is 26.9. The number of nitrogens with zero attached hydrogens (tertiary/aromatic N) is 2. The summed E-state index contributed by atoms with van der Waals surface area (Å²) in [5.74, 6) is -0.307. The quantitative estimate of drug-likeness (QED) is 0.735. The van der Waals surface area contributed by atoms with Crippen LogP contribution in [0.3, 0.4) is 0 Å². The molecule has 0 amide bonds. The molecule has 4 nitrogen and oxygen atoms in total. The van der Waals surface area contributed by atoms with Gasteiger partial charge in [0.1, 0.15) is 11.5 Å². The van der Waals surface area contributed by atoms with E-state index in [0.717, 1.165) is 5.59 Å². The van der Waals surface area contributed by atoms with Crippen molar-refractivity contribution in [3.8, 4) is 0 Å². The first-order chi connectivity index (χ1) is 8.80. The van der Waals surface area contributed by atoms with Crippen LogP contribution in [0.25, 0.3) is 5.65 Å². The molecule has 0 N–H and O–H groups in total. The second-order valence-electron chi connectivity index (χ2n) is 5.84. The van der Waals surface area contributed by atoms with E-state index in [-0.39, 0.29) is 5.82 Å². The van der Waals surface area contributed by atoms with Crippen molar-refractivity contribution in [3.05, 3.63) is 30.3 Å². The van der Waals surface area contributed by atoms with Crippen LogP contribution in [-0.2, 0) is 9.31 Å². The van der Waals surface area contributed by atoms with Crippen molar-refractivity contribution in [3.63, 3.8) is 0 Å². The highest BCUT2D eigenvalue weighted by Gasteiger charge is 2.52. The second kappa shape index (κ2) is 3.80. The maximum absolute atomic E-state index is 13.2. The molecule has 0 bridgehead atoms. The van der Waals surface area contributed by atoms with Crippen molar-refractivity contribution >= 4 is 18.4 Å². The highest BCUT2D eigenvalue weighted by molar-refractivity contribution is 6.61. The third-order valence-electron chi connectivity index (χ3n) is 4.00. The summed E-state index contributed by atoms with van der Waals surface area (Å²) >= 11 is 0. The molecule has 19 heavy (non-hydrogen) atoms. The van der Waals surface area contributed by atoms with Crippen LogP contribution in [0.2, 0.25) is 0 Å². The van der Waals surface area contributed by atoms with E-state index in [1.165, 1.54) is 12.1 Å². The molecule has 0 unspecified atom stereocenters. The van der Waals surface area contributed by atoms with Crippen molar-refractivity contribution in [1.29, 1.82) is 0 Å². The topological polar surface area (TPSA) is 35.8 Å². The summed E-state index contributed by atoms with van der Waals surface area (Å²) in [7, 11) is -0.495. The number of fused-ring (bicyclic) bond motifs is 1. The lowest BCUT2D eigenvalue weighted by Gasteiger charge is -2.32. The van der Waals surface area contributed by atoms with Gasteiger partial charge >= 0.3 is 7.12 Å². The zero-order valence-electron chi connectivity index (χ0n) is 11.5. The number of aromatic nitrogens is 2. The van der Waals surface area contributed by atoms with Crippen LogP contribution in [0.1, 0.15) is 27.7 Å². The van der Waals surface area contributed by atoms with E-state index in [1.54, 1.807) is 16.8 Å². The number of hydrogen-bond acceptors (Lipinski definition) is 3. The van der Waals surface area contributed by atoms with Gasteiger partial charge in [0.2, 0.25) is 0 Å². The standard InChI is InChI=1S/C13H16BFN2O2/c1-12(2)13(3,4)19-14(18-12)10-8-16-11-7-9(15)5-6-17(10)11/h5-8H,1-4H3. The fourth-order valence-corrected chi connectivity index (χ4v) is 2.11. The fourth-order valence-electron chi connectivity index (χ4n) is 2.11. The molecule has 0 aromatic carbocycles. The predicted octanol–water partition coefficient (Wildman–Crippen LogP) is 1.77. The van der Waals surface area contributed by atoms with Gasteiger partial charge in [0, 0.05) is 18.5 Å². The molecule has 3 heterocycles. The second-order valence-corrected chi connectivity index (χ2v) is 5.84.